The van der Waals surface area contributed by atoms with Crippen LogP contribution in [0, 0.1) is 0 Å². The average Bonchev–Trinajstić information content (AvgIpc) is 1.25. The maximum Gasteiger partial charge on any atom is 1.00 e. The van der Waals surface area contributed by atoms with E-state index in [2.05, 4.69) is 0 Å². The molecule has 0 heterocycles. The zero-order valence-corrected chi connectivity index (χ0v) is 10.4. The van der Waals surface area contributed by atoms with E-state index in [0.29, 0.717) is 0 Å². The monoisotopic (exact) mass is 430 g/mol. The molecule has 13 heavy (non-hydrogen) atoms. The van der Waals surface area contributed by atoms with Gasteiger partial charge in [0.2, 0.25) is 0 Å². The molecule has 100 valence electrons. The van der Waals surface area contributed by atoms with Crippen molar-refractivity contribution in [3.8, 4) is 0 Å². The van der Waals surface area contributed by atoms with Crippen LogP contribution >= 0.6 is 0 Å². The summed E-state index contributed by atoms with van der Waals surface area (Å²) in [4.78, 5) is 0. The molecule has 0 aromatic heterocycles. The van der Waals surface area contributed by atoms with Gasteiger partial charge in [-0.25, -0.2) is 0 Å². The Bertz CT molecular complexity index is 76.5. The van der Waals surface area contributed by atoms with E-state index in [1.165, 1.54) is 0 Å². The molecule has 0 spiro atoms. The molecule has 0 aromatic carbocycles. The Morgan fingerprint density at radius 2 is 0.615 bits per heavy atom. The summed E-state index contributed by atoms with van der Waals surface area (Å²) in [6.07, 6.45) is 0. The van der Waals surface area contributed by atoms with Crippen molar-refractivity contribution in [2.45, 2.75) is 0 Å². The van der Waals surface area contributed by atoms with Crippen LogP contribution in [-0.4, -0.2) is 32.1 Å². The summed E-state index contributed by atoms with van der Waals surface area (Å²) in [7, 11) is 0. The summed E-state index contributed by atoms with van der Waals surface area (Å²) in [6.45, 7) is 0. The number of hydrogen-bond acceptors (Lipinski definition) is 6. The molecule has 0 aromatic rings. The first-order valence-corrected chi connectivity index (χ1v) is 3.00. The predicted octanol–water partition coefficient (Wildman–Crippen LogP) is -2.84. The molecule has 7 nitrogen and oxygen atoms in total. The maximum atomic E-state index is 8.44. The zero-order chi connectivity index (χ0) is 7.15. The Hall–Kier alpha value is 2.18. The van der Waals surface area contributed by atoms with Crippen molar-refractivity contribution in [2.24, 2.45) is 0 Å². The van der Waals surface area contributed by atoms with Gasteiger partial charge in [0.25, 0.3) is 0 Å². The summed E-state index contributed by atoms with van der Waals surface area (Å²) in [5, 5.41) is 0. The Kier molecular flexibility index (Phi) is 129. The van der Waals surface area contributed by atoms with Gasteiger partial charge < -0.3 is 23.7 Å². The van der Waals surface area contributed by atoms with Crippen LogP contribution in [0.25, 0.3) is 0 Å². The molecule has 0 saturated heterocycles. The van der Waals surface area contributed by atoms with Crippen LogP contribution in [0.15, 0.2) is 0 Å². The number of hydrogen-bond donors (Lipinski definition) is 0. The van der Waals surface area contributed by atoms with Crippen LogP contribution in [0.4, 0.5) is 0 Å². The van der Waals surface area contributed by atoms with Gasteiger partial charge in [0.1, 0.15) is 0 Å². The molecule has 0 saturated carbocycles. The number of rotatable bonds is 0. The minimum Gasteiger partial charge on any atom is -0.784 e. The van der Waals surface area contributed by atoms with Crippen LogP contribution in [-0.2, 0) is 91.0 Å². The Labute approximate surface area is 122 Å². The molecular weight excluding hydrogens is 430 g/mol. The molecular formula is H2Cu4O7S2. The fourth-order valence-corrected chi connectivity index (χ4v) is 0. The predicted molar refractivity (Wildman–Crippen MR) is 23.0 cm³/mol. The summed E-state index contributed by atoms with van der Waals surface area (Å²) in [5.74, 6) is 0. The molecule has 13 heteroatoms. The molecule has 0 unspecified atom stereocenters. The third kappa shape index (κ3) is 443. The molecule has 0 aliphatic rings. The summed E-state index contributed by atoms with van der Waals surface area (Å²) >= 11 is -6.22. The van der Waals surface area contributed by atoms with Crippen molar-refractivity contribution in [3.05, 3.63) is 0 Å². The van der Waals surface area contributed by atoms with Crippen molar-refractivity contribution in [1.82, 2.24) is 0 Å². The quantitative estimate of drug-likeness (QED) is 0.296. The van der Waals surface area contributed by atoms with E-state index in [1.807, 2.05) is 0 Å². The van der Waals surface area contributed by atoms with Crippen molar-refractivity contribution >= 4 is 22.7 Å². The second kappa shape index (κ2) is 36.8. The Morgan fingerprint density at radius 1 is 0.615 bits per heavy atom. The first kappa shape index (κ1) is 45.6. The second-order valence-corrected chi connectivity index (χ2v) is 1.22. The van der Waals surface area contributed by atoms with Gasteiger partial charge in [0.05, 0.1) is 0 Å². The maximum absolute atomic E-state index is 8.44. The molecule has 0 aliphatic heterocycles. The Balaban J connectivity index is -0.00000000800. The topological polar surface area (TPSA) is 158 Å². The van der Waals surface area contributed by atoms with Crippen LogP contribution in [0.1, 0.15) is 0 Å². The fraction of sp³-hybridized carbons (Fsp3) is 0. The van der Waals surface area contributed by atoms with Crippen molar-refractivity contribution in [1.29, 1.82) is 0 Å². The molecule has 0 bridgehead atoms. The average molecular weight is 432 g/mol. The molecule has 2 N–H and O–H groups in total. The largest absolute Gasteiger partial charge is 1.00 e. The third-order valence-electron chi connectivity index (χ3n) is 0. The van der Waals surface area contributed by atoms with Crippen LogP contribution in [0.2, 0.25) is 0 Å². The molecule has 0 radical (unpaired) electrons. The van der Waals surface area contributed by atoms with E-state index < -0.39 is 22.7 Å². The van der Waals surface area contributed by atoms with E-state index in [0.717, 1.165) is 0 Å². The van der Waals surface area contributed by atoms with Crippen molar-refractivity contribution in [2.75, 3.05) is 0 Å². The first-order chi connectivity index (χ1) is 3.46. The van der Waals surface area contributed by atoms with Crippen LogP contribution in [0.3, 0.4) is 0 Å². The van der Waals surface area contributed by atoms with E-state index in [4.69, 9.17) is 26.6 Å². The Morgan fingerprint density at radius 3 is 0.615 bits per heavy atom. The van der Waals surface area contributed by atoms with E-state index in [1.54, 1.807) is 0 Å². The summed E-state index contributed by atoms with van der Waals surface area (Å²) < 4.78 is 50.7. The van der Waals surface area contributed by atoms with Gasteiger partial charge in [0.15, 0.2) is 0 Å². The summed E-state index contributed by atoms with van der Waals surface area (Å²) in [6, 6.07) is 0. The summed E-state index contributed by atoms with van der Waals surface area (Å²) in [5.41, 5.74) is 0. The third-order valence-corrected chi connectivity index (χ3v) is 0. The van der Waals surface area contributed by atoms with Crippen molar-refractivity contribution in [3.63, 3.8) is 0 Å². The molecule has 0 rings (SSSR count). The van der Waals surface area contributed by atoms with E-state index in [-0.39, 0.29) is 73.8 Å². The molecule has 0 fully saturated rings. The minimum absolute atomic E-state index is 0. The van der Waals surface area contributed by atoms with Crippen LogP contribution < -0.4 is 0 Å². The van der Waals surface area contributed by atoms with E-state index >= 15 is 0 Å². The normalized spacial score (nSPS) is 5.38. The standard InChI is InChI=1S/4Cu.2H2O3S.H2O/c;;;;2*1-4(2)3;/h;;;;2*(H2,1,2,3);1H2/q4*+1;;;/p-4. The second-order valence-electron chi connectivity index (χ2n) is 0.408. The van der Waals surface area contributed by atoms with Gasteiger partial charge in [-0.2, -0.15) is 0 Å². The van der Waals surface area contributed by atoms with Crippen molar-refractivity contribution < 1.29 is 100 Å². The molecule has 0 atom stereocenters. The first-order valence-electron chi connectivity index (χ1n) is 1.00. The molecule has 0 aliphatic carbocycles. The zero-order valence-electron chi connectivity index (χ0n) is 4.97. The minimum atomic E-state index is -3.11. The SMILES string of the molecule is O.O=S([O-])[O-].O=S([O-])[O-].[Cu+].[Cu+].[Cu+].[Cu+]. The van der Waals surface area contributed by atoms with Gasteiger partial charge in [-0.05, 0) is 0 Å². The fourth-order valence-electron chi connectivity index (χ4n) is 0. The molecule has 0 amide bonds. The van der Waals surface area contributed by atoms with Crippen LogP contribution in [0.5, 0.6) is 0 Å². The van der Waals surface area contributed by atoms with Gasteiger partial charge in [0, 0.05) is 0 Å². The van der Waals surface area contributed by atoms with Gasteiger partial charge in [-0.3, -0.25) is 8.42 Å². The smallest absolute Gasteiger partial charge is 0.784 e. The van der Waals surface area contributed by atoms with Gasteiger partial charge >= 0.3 is 68.3 Å². The van der Waals surface area contributed by atoms with Gasteiger partial charge in [-0.15, -0.1) is 22.7 Å². The van der Waals surface area contributed by atoms with E-state index in [9.17, 15) is 0 Å². The van der Waals surface area contributed by atoms with Gasteiger partial charge in [-0.1, -0.05) is 0 Å².